The summed E-state index contributed by atoms with van der Waals surface area (Å²) in [6, 6.07) is 17.2. The first-order valence-corrected chi connectivity index (χ1v) is 9.57. The lowest BCUT2D eigenvalue weighted by Gasteiger charge is -2.32. The lowest BCUT2D eigenvalue weighted by Crippen LogP contribution is -2.39. The summed E-state index contributed by atoms with van der Waals surface area (Å²) in [5.41, 5.74) is 2.61. The summed E-state index contributed by atoms with van der Waals surface area (Å²) in [5.74, 6) is 0.0110. The highest BCUT2D eigenvalue weighted by atomic mass is 16.3. The summed E-state index contributed by atoms with van der Waals surface area (Å²) in [6.07, 6.45) is 1.38. The molecule has 6 nitrogen and oxygen atoms in total. The number of nitrogens with zero attached hydrogens (tertiary/aromatic N) is 2. The second-order valence-electron chi connectivity index (χ2n) is 7.27. The SMILES string of the molecule is CN(C(=O)Cc1cccc(NC=O)c1)C(CN1CC[C@@H](O)C1)c1ccccc1. The fraction of sp³-hybridized carbons (Fsp3) is 0.364. The van der Waals surface area contributed by atoms with Gasteiger partial charge in [0.05, 0.1) is 18.6 Å². The van der Waals surface area contributed by atoms with Crippen LogP contribution in [0.1, 0.15) is 23.6 Å². The Morgan fingerprint density at radius 3 is 2.75 bits per heavy atom. The van der Waals surface area contributed by atoms with Crippen molar-refractivity contribution >= 4 is 18.0 Å². The number of β-amino-alcohol motifs (C(OH)–C–C–N with tert-alkyl or cyclic N) is 1. The van der Waals surface area contributed by atoms with E-state index in [1.54, 1.807) is 11.0 Å². The molecule has 28 heavy (non-hydrogen) atoms. The molecule has 0 aliphatic carbocycles. The first kappa shape index (κ1) is 20.0. The smallest absolute Gasteiger partial charge is 0.227 e. The number of hydrogen-bond donors (Lipinski definition) is 2. The quantitative estimate of drug-likeness (QED) is 0.687. The van der Waals surface area contributed by atoms with Crippen molar-refractivity contribution in [2.24, 2.45) is 0 Å². The second kappa shape index (κ2) is 9.48. The number of aliphatic hydroxyl groups is 1. The topological polar surface area (TPSA) is 72.9 Å². The number of amides is 2. The zero-order valence-electron chi connectivity index (χ0n) is 16.1. The van der Waals surface area contributed by atoms with E-state index in [1.807, 2.05) is 55.6 Å². The largest absolute Gasteiger partial charge is 0.392 e. The van der Waals surface area contributed by atoms with Crippen molar-refractivity contribution in [1.29, 1.82) is 0 Å². The fourth-order valence-corrected chi connectivity index (χ4v) is 3.66. The molecular weight excluding hydrogens is 354 g/mol. The van der Waals surface area contributed by atoms with Gasteiger partial charge >= 0.3 is 0 Å². The van der Waals surface area contributed by atoms with Crippen LogP contribution in [0.2, 0.25) is 0 Å². The van der Waals surface area contributed by atoms with Gasteiger partial charge in [-0.1, -0.05) is 42.5 Å². The Morgan fingerprint density at radius 1 is 1.29 bits per heavy atom. The minimum absolute atomic E-state index is 0.0110. The van der Waals surface area contributed by atoms with E-state index in [4.69, 9.17) is 0 Å². The van der Waals surface area contributed by atoms with E-state index in [9.17, 15) is 14.7 Å². The molecule has 0 spiro atoms. The molecule has 3 rings (SSSR count). The third-order valence-corrected chi connectivity index (χ3v) is 5.23. The number of rotatable bonds is 8. The van der Waals surface area contributed by atoms with Crippen LogP contribution < -0.4 is 5.32 Å². The molecule has 2 aromatic carbocycles. The molecule has 1 aliphatic heterocycles. The molecule has 2 aromatic rings. The molecule has 1 aliphatic rings. The van der Waals surface area contributed by atoms with Gasteiger partial charge in [0, 0.05) is 32.4 Å². The van der Waals surface area contributed by atoms with Crippen LogP contribution in [-0.4, -0.2) is 60.0 Å². The van der Waals surface area contributed by atoms with Crippen molar-refractivity contribution in [2.75, 3.05) is 32.0 Å². The van der Waals surface area contributed by atoms with E-state index >= 15 is 0 Å². The lowest BCUT2D eigenvalue weighted by molar-refractivity contribution is -0.131. The summed E-state index contributed by atoms with van der Waals surface area (Å²) in [7, 11) is 1.83. The average Bonchev–Trinajstić information content (AvgIpc) is 3.12. The van der Waals surface area contributed by atoms with Crippen LogP contribution in [0.5, 0.6) is 0 Å². The van der Waals surface area contributed by atoms with E-state index in [0.29, 0.717) is 25.2 Å². The zero-order chi connectivity index (χ0) is 19.9. The predicted molar refractivity (Wildman–Crippen MR) is 109 cm³/mol. The molecule has 1 fully saturated rings. The first-order chi connectivity index (χ1) is 13.6. The van der Waals surface area contributed by atoms with Crippen LogP contribution >= 0.6 is 0 Å². The van der Waals surface area contributed by atoms with Gasteiger partial charge < -0.3 is 15.3 Å². The zero-order valence-corrected chi connectivity index (χ0v) is 16.1. The van der Waals surface area contributed by atoms with Crippen LogP contribution in [0.15, 0.2) is 54.6 Å². The highest BCUT2D eigenvalue weighted by Gasteiger charge is 2.28. The number of carbonyl (C=O) groups excluding carboxylic acids is 2. The van der Waals surface area contributed by atoms with Gasteiger partial charge in [-0.15, -0.1) is 0 Å². The second-order valence-corrected chi connectivity index (χ2v) is 7.27. The molecule has 1 unspecified atom stereocenters. The lowest BCUT2D eigenvalue weighted by atomic mass is 10.0. The molecule has 2 N–H and O–H groups in total. The maximum atomic E-state index is 13.0. The number of anilines is 1. The Hall–Kier alpha value is -2.70. The molecule has 1 heterocycles. The number of likely N-dealkylation sites (tertiary alicyclic amines) is 1. The monoisotopic (exact) mass is 381 g/mol. The van der Waals surface area contributed by atoms with Crippen molar-refractivity contribution < 1.29 is 14.7 Å². The summed E-state index contributed by atoms with van der Waals surface area (Å²) in [6.45, 7) is 2.17. The van der Waals surface area contributed by atoms with E-state index in [0.717, 1.165) is 24.1 Å². The molecule has 0 saturated carbocycles. The molecule has 6 heteroatoms. The third-order valence-electron chi connectivity index (χ3n) is 5.23. The van der Waals surface area contributed by atoms with Gasteiger partial charge in [0.1, 0.15) is 0 Å². The van der Waals surface area contributed by atoms with Gasteiger partial charge in [-0.25, -0.2) is 0 Å². The van der Waals surface area contributed by atoms with E-state index in [1.165, 1.54) is 0 Å². The Labute approximate surface area is 165 Å². The summed E-state index contributed by atoms with van der Waals surface area (Å²) < 4.78 is 0. The van der Waals surface area contributed by atoms with Crippen molar-refractivity contribution in [3.05, 3.63) is 65.7 Å². The Kier molecular flexibility index (Phi) is 6.79. The van der Waals surface area contributed by atoms with Crippen LogP contribution in [0.4, 0.5) is 5.69 Å². The van der Waals surface area contributed by atoms with Gasteiger partial charge in [0.2, 0.25) is 12.3 Å². The molecular formula is C22H27N3O3. The van der Waals surface area contributed by atoms with Crippen molar-refractivity contribution in [2.45, 2.75) is 25.0 Å². The maximum Gasteiger partial charge on any atom is 0.227 e. The molecule has 0 bridgehead atoms. The number of hydrogen-bond acceptors (Lipinski definition) is 4. The number of benzene rings is 2. The van der Waals surface area contributed by atoms with Crippen molar-refractivity contribution in [3.8, 4) is 0 Å². The first-order valence-electron chi connectivity index (χ1n) is 9.57. The predicted octanol–water partition coefficient (Wildman–Crippen LogP) is 2.06. The average molecular weight is 381 g/mol. The van der Waals surface area contributed by atoms with Crippen molar-refractivity contribution in [3.63, 3.8) is 0 Å². The number of carbonyl (C=O) groups is 2. The molecule has 2 atom stereocenters. The third kappa shape index (κ3) is 5.18. The van der Waals surface area contributed by atoms with Gasteiger partial charge in [-0.05, 0) is 29.7 Å². The van der Waals surface area contributed by atoms with Crippen LogP contribution in [0.25, 0.3) is 0 Å². The standard InChI is InChI=1S/C22H27N3O3/c1-24(22(28)13-17-6-5-9-19(12-17)23-16-26)21(18-7-3-2-4-8-18)15-25-11-10-20(27)14-25/h2-9,12,16,20-21,27H,10-11,13-15H2,1H3,(H,23,26)/t20-,21?/m1/s1. The fourth-order valence-electron chi connectivity index (χ4n) is 3.66. The van der Waals surface area contributed by atoms with Gasteiger partial charge in [0.25, 0.3) is 0 Å². The Morgan fingerprint density at radius 2 is 2.07 bits per heavy atom. The summed E-state index contributed by atoms with van der Waals surface area (Å²) in [4.78, 5) is 27.6. The van der Waals surface area contributed by atoms with E-state index in [2.05, 4.69) is 10.2 Å². The minimum atomic E-state index is -0.287. The van der Waals surface area contributed by atoms with Gasteiger partial charge in [0.15, 0.2) is 0 Å². The van der Waals surface area contributed by atoms with Gasteiger partial charge in [-0.2, -0.15) is 0 Å². The van der Waals surface area contributed by atoms with Crippen LogP contribution in [-0.2, 0) is 16.0 Å². The molecule has 0 aromatic heterocycles. The maximum absolute atomic E-state index is 13.0. The number of likely N-dealkylation sites (N-methyl/N-ethyl adjacent to an activating group) is 1. The highest BCUT2D eigenvalue weighted by Crippen LogP contribution is 2.24. The van der Waals surface area contributed by atoms with Gasteiger partial charge in [-0.3, -0.25) is 14.5 Å². The normalized spacial score (nSPS) is 17.9. The minimum Gasteiger partial charge on any atom is -0.392 e. The molecule has 1 saturated heterocycles. The Balaban J connectivity index is 1.74. The molecule has 148 valence electrons. The summed E-state index contributed by atoms with van der Waals surface area (Å²) in [5, 5.41) is 12.5. The summed E-state index contributed by atoms with van der Waals surface area (Å²) >= 11 is 0. The molecule has 2 amide bonds. The number of nitrogens with one attached hydrogen (secondary N) is 1. The van der Waals surface area contributed by atoms with E-state index < -0.39 is 0 Å². The Bertz CT molecular complexity index is 797. The van der Waals surface area contributed by atoms with Crippen LogP contribution in [0.3, 0.4) is 0 Å². The molecule has 0 radical (unpaired) electrons. The van der Waals surface area contributed by atoms with E-state index in [-0.39, 0.29) is 24.5 Å². The highest BCUT2D eigenvalue weighted by molar-refractivity contribution is 5.80. The number of aliphatic hydroxyl groups excluding tert-OH is 1. The van der Waals surface area contributed by atoms with Crippen molar-refractivity contribution in [1.82, 2.24) is 9.80 Å². The van der Waals surface area contributed by atoms with Crippen LogP contribution in [0, 0.1) is 0 Å².